The zero-order valence-electron chi connectivity index (χ0n) is 18.1. The first-order chi connectivity index (χ1) is 15.1. The molecule has 0 amide bonds. The summed E-state index contributed by atoms with van der Waals surface area (Å²) in [7, 11) is -2.01. The van der Waals surface area contributed by atoms with E-state index >= 15 is 0 Å². The normalized spacial score (nSPS) is 13.1. The molecule has 0 bridgehead atoms. The fourth-order valence-electron chi connectivity index (χ4n) is 3.96. The van der Waals surface area contributed by atoms with Crippen molar-refractivity contribution >= 4 is 34.8 Å². The van der Waals surface area contributed by atoms with Gasteiger partial charge in [0.1, 0.15) is 23.2 Å². The van der Waals surface area contributed by atoms with E-state index in [1.54, 1.807) is 0 Å². The second-order valence-corrected chi connectivity index (χ2v) is 12.1. The van der Waals surface area contributed by atoms with Gasteiger partial charge in [0.15, 0.2) is 6.35 Å². The zero-order valence-corrected chi connectivity index (χ0v) is 20.5. The molecule has 0 fully saturated rings. The molecule has 0 heterocycles. The highest BCUT2D eigenvalue weighted by molar-refractivity contribution is 7.95. The van der Waals surface area contributed by atoms with Crippen LogP contribution in [0.4, 0.5) is 0 Å². The lowest BCUT2D eigenvalue weighted by Gasteiger charge is -2.29. The second-order valence-electron chi connectivity index (χ2n) is 7.86. The molecule has 32 heavy (non-hydrogen) atoms. The van der Waals surface area contributed by atoms with Crippen LogP contribution in [-0.2, 0) is 9.61 Å². The molecule has 4 rings (SSSR count). The molecule has 4 aromatic rings. The molecule has 0 N–H and O–H groups in total. The maximum Gasteiger partial charge on any atom is 0.171 e. The van der Waals surface area contributed by atoms with Crippen molar-refractivity contribution < 1.29 is 17.1 Å². The lowest BCUT2D eigenvalue weighted by Crippen LogP contribution is -3.00. The van der Waals surface area contributed by atoms with Crippen molar-refractivity contribution in [3.05, 3.63) is 127 Å². The summed E-state index contributed by atoms with van der Waals surface area (Å²) in [5.41, 5.74) is 1.07. The van der Waals surface area contributed by atoms with Crippen LogP contribution in [0.25, 0.3) is 0 Å². The monoisotopic (exact) mass is 480 g/mol. The smallest absolute Gasteiger partial charge is 0.171 e. The molecule has 0 aliphatic heterocycles. The van der Waals surface area contributed by atoms with Crippen LogP contribution in [0.3, 0.4) is 0 Å². The van der Waals surface area contributed by atoms with Crippen LogP contribution in [0.5, 0.6) is 0 Å². The minimum atomic E-state index is -2.01. The summed E-state index contributed by atoms with van der Waals surface area (Å²) in [5, 5.41) is 3.93. The highest BCUT2D eigenvalue weighted by Crippen LogP contribution is 2.55. The Balaban J connectivity index is 0.00000289. The Bertz CT molecular complexity index is 975. The maximum absolute atomic E-state index is 6.92. The van der Waals surface area contributed by atoms with Gasteiger partial charge in [-0.15, -0.1) is 11.6 Å². The SMILES string of the molecule is CC(Cl)(COC[P+](c1ccccc1)(c1ccccc1)c1ccccc1)c1ccccc1.[Cl-]. The number of ether oxygens (including phenoxy) is 1. The largest absolute Gasteiger partial charge is 1.00 e. The first kappa shape index (κ1) is 24.5. The van der Waals surface area contributed by atoms with Gasteiger partial charge in [-0.2, -0.15) is 0 Å². The lowest BCUT2D eigenvalue weighted by molar-refractivity contribution is -0.00000628. The molecule has 0 aromatic heterocycles. The van der Waals surface area contributed by atoms with Crippen molar-refractivity contribution in [3.63, 3.8) is 0 Å². The topological polar surface area (TPSA) is 9.23 Å². The van der Waals surface area contributed by atoms with Crippen molar-refractivity contribution in [2.45, 2.75) is 11.8 Å². The number of hydrogen-bond donors (Lipinski definition) is 0. The maximum atomic E-state index is 6.92. The van der Waals surface area contributed by atoms with Crippen LogP contribution < -0.4 is 28.3 Å². The van der Waals surface area contributed by atoms with E-state index in [-0.39, 0.29) is 12.4 Å². The van der Waals surface area contributed by atoms with Crippen molar-refractivity contribution in [1.82, 2.24) is 0 Å². The van der Waals surface area contributed by atoms with Crippen LogP contribution in [0.1, 0.15) is 12.5 Å². The molecule has 1 nitrogen and oxygen atoms in total. The van der Waals surface area contributed by atoms with Gasteiger partial charge in [0, 0.05) is 0 Å². The van der Waals surface area contributed by atoms with E-state index in [9.17, 15) is 0 Å². The van der Waals surface area contributed by atoms with E-state index in [0.717, 1.165) is 5.56 Å². The van der Waals surface area contributed by atoms with E-state index in [0.29, 0.717) is 13.0 Å². The molecule has 0 saturated heterocycles. The van der Waals surface area contributed by atoms with Gasteiger partial charge >= 0.3 is 0 Å². The number of alkyl halides is 1. The molecule has 1 atom stereocenters. The summed E-state index contributed by atoms with van der Waals surface area (Å²) in [6, 6.07) is 42.5. The Hall–Kier alpha value is -2.15. The predicted molar refractivity (Wildman–Crippen MR) is 136 cm³/mol. The minimum Gasteiger partial charge on any atom is -1.00 e. The zero-order chi connectivity index (χ0) is 21.6. The van der Waals surface area contributed by atoms with E-state index < -0.39 is 12.1 Å². The summed E-state index contributed by atoms with van der Waals surface area (Å²) in [5.74, 6) is 0. The number of benzene rings is 4. The number of rotatable bonds is 8. The van der Waals surface area contributed by atoms with E-state index in [2.05, 4.69) is 103 Å². The van der Waals surface area contributed by atoms with Gasteiger partial charge in [-0.1, -0.05) is 84.9 Å². The van der Waals surface area contributed by atoms with Crippen molar-refractivity contribution in [2.24, 2.45) is 0 Å². The quantitative estimate of drug-likeness (QED) is 0.278. The third kappa shape index (κ3) is 5.25. The molecule has 0 aliphatic carbocycles. The van der Waals surface area contributed by atoms with Gasteiger partial charge in [-0.3, -0.25) is 0 Å². The van der Waals surface area contributed by atoms with Crippen molar-refractivity contribution in [2.75, 3.05) is 13.0 Å². The van der Waals surface area contributed by atoms with Crippen LogP contribution in [-0.4, -0.2) is 13.0 Å². The molecular formula is C28H27Cl2OP. The lowest BCUT2D eigenvalue weighted by atomic mass is 10.0. The number of halogens is 2. The molecule has 0 radical (unpaired) electrons. The Kier molecular flexibility index (Phi) is 8.51. The van der Waals surface area contributed by atoms with E-state index in [1.165, 1.54) is 15.9 Å². The summed E-state index contributed by atoms with van der Waals surface area (Å²) in [6.07, 6.45) is 0.597. The second kappa shape index (κ2) is 11.1. The first-order valence-electron chi connectivity index (χ1n) is 10.5. The minimum absolute atomic E-state index is 0. The summed E-state index contributed by atoms with van der Waals surface area (Å²) < 4.78 is 6.50. The first-order valence-corrected chi connectivity index (χ1v) is 12.9. The Morgan fingerprint density at radius 2 is 0.969 bits per heavy atom. The van der Waals surface area contributed by atoms with Gasteiger partial charge in [0.05, 0.1) is 11.5 Å². The summed E-state index contributed by atoms with van der Waals surface area (Å²) in [6.45, 7) is 2.46. The summed E-state index contributed by atoms with van der Waals surface area (Å²) >= 11 is 6.92. The Labute approximate surface area is 203 Å². The van der Waals surface area contributed by atoms with Crippen LogP contribution in [0.2, 0.25) is 0 Å². The average molecular weight is 481 g/mol. The highest BCUT2D eigenvalue weighted by Gasteiger charge is 2.46. The Morgan fingerprint density at radius 1 is 0.625 bits per heavy atom. The fraction of sp³-hybridized carbons (Fsp3) is 0.143. The molecule has 0 aliphatic rings. The summed E-state index contributed by atoms with van der Waals surface area (Å²) in [4.78, 5) is -0.582. The van der Waals surface area contributed by atoms with Crippen LogP contribution >= 0.6 is 18.9 Å². The van der Waals surface area contributed by atoms with Crippen molar-refractivity contribution in [1.29, 1.82) is 0 Å². The van der Waals surface area contributed by atoms with Gasteiger partial charge in [-0.25, -0.2) is 0 Å². The molecule has 0 saturated carbocycles. The molecule has 164 valence electrons. The van der Waals surface area contributed by atoms with E-state index in [1.807, 2.05) is 25.1 Å². The predicted octanol–water partition coefficient (Wildman–Crippen LogP) is 3.11. The van der Waals surface area contributed by atoms with Crippen LogP contribution in [0.15, 0.2) is 121 Å². The van der Waals surface area contributed by atoms with Gasteiger partial charge in [0.2, 0.25) is 0 Å². The standard InChI is InChI=1S/C28H27ClOP.ClH/c1-28(29,24-14-6-2-7-15-24)22-30-23-31(25-16-8-3-9-17-25,26-18-10-4-11-19-26)27-20-12-5-13-21-27;/h2-21H,22-23H2,1H3;1H/q+1;/p-1. The fourth-order valence-corrected chi connectivity index (χ4v) is 7.91. The van der Waals surface area contributed by atoms with Gasteiger partial charge < -0.3 is 17.1 Å². The van der Waals surface area contributed by atoms with Crippen LogP contribution in [0, 0.1) is 0 Å². The van der Waals surface area contributed by atoms with E-state index in [4.69, 9.17) is 16.3 Å². The third-order valence-corrected chi connectivity index (χ3v) is 10.1. The molecule has 1 unspecified atom stereocenters. The molecular weight excluding hydrogens is 454 g/mol. The average Bonchev–Trinajstić information content (AvgIpc) is 2.84. The third-order valence-electron chi connectivity index (χ3n) is 5.62. The highest BCUT2D eigenvalue weighted by atomic mass is 35.5. The van der Waals surface area contributed by atoms with Crippen molar-refractivity contribution in [3.8, 4) is 0 Å². The molecule has 0 spiro atoms. The van der Waals surface area contributed by atoms with Gasteiger partial charge in [0.25, 0.3) is 0 Å². The van der Waals surface area contributed by atoms with Gasteiger partial charge in [-0.05, 0) is 48.9 Å². The Morgan fingerprint density at radius 3 is 1.34 bits per heavy atom. The molecule has 4 aromatic carbocycles. The number of hydrogen-bond acceptors (Lipinski definition) is 1. The molecule has 4 heteroatoms.